The fourth-order valence-electron chi connectivity index (χ4n) is 2.04. The molecule has 15 heavy (non-hydrogen) atoms. The lowest BCUT2D eigenvalue weighted by molar-refractivity contribution is -0.153. The third kappa shape index (κ3) is 2.68. The van der Waals surface area contributed by atoms with Gasteiger partial charge in [-0.25, -0.2) is 0 Å². The molecule has 0 aromatic carbocycles. The quantitative estimate of drug-likeness (QED) is 0.616. The van der Waals surface area contributed by atoms with E-state index < -0.39 is 5.60 Å². The smallest absolute Gasteiger partial charge is 0.224 e. The van der Waals surface area contributed by atoms with E-state index in [4.69, 9.17) is 4.74 Å². The molecule has 1 atom stereocenters. The number of rotatable bonds is 2. The number of likely N-dealkylation sites (tertiary alicyclic amines) is 1. The van der Waals surface area contributed by atoms with Crippen molar-refractivity contribution in [1.82, 2.24) is 10.2 Å². The van der Waals surface area contributed by atoms with Crippen molar-refractivity contribution in [3.63, 3.8) is 0 Å². The number of carbonyl (C=O) groups excluding carboxylic acids is 1. The fraction of sp³-hybridized carbons (Fsp3) is 0.900. The van der Waals surface area contributed by atoms with Crippen LogP contribution in [0, 0.1) is 0 Å². The molecule has 86 valence electrons. The first-order valence-electron chi connectivity index (χ1n) is 5.38. The first-order chi connectivity index (χ1) is 7.07. The minimum Gasteiger partial charge on any atom is -0.386 e. The largest absolute Gasteiger partial charge is 0.386 e. The average Bonchev–Trinajstić information content (AvgIpc) is 2.15. The van der Waals surface area contributed by atoms with E-state index in [1.807, 2.05) is 0 Å². The Morgan fingerprint density at radius 2 is 2.40 bits per heavy atom. The normalized spacial score (nSPS) is 29.7. The summed E-state index contributed by atoms with van der Waals surface area (Å²) in [4.78, 5) is 13.4. The van der Waals surface area contributed by atoms with Crippen LogP contribution in [0.2, 0.25) is 0 Å². The number of aliphatic hydroxyl groups is 1. The van der Waals surface area contributed by atoms with Gasteiger partial charge in [0.1, 0.15) is 0 Å². The Hall–Kier alpha value is -0.650. The Balaban J connectivity index is 1.73. The second-order valence-corrected chi connectivity index (χ2v) is 4.68. The summed E-state index contributed by atoms with van der Waals surface area (Å²) in [6, 6.07) is 0.136. The van der Waals surface area contributed by atoms with Gasteiger partial charge in [-0.1, -0.05) is 0 Å². The molecule has 2 fully saturated rings. The van der Waals surface area contributed by atoms with Crippen LogP contribution in [-0.4, -0.2) is 60.4 Å². The number of hydrogen-bond acceptors (Lipinski definition) is 4. The highest BCUT2D eigenvalue weighted by molar-refractivity contribution is 5.78. The zero-order valence-electron chi connectivity index (χ0n) is 9.03. The van der Waals surface area contributed by atoms with E-state index in [1.165, 1.54) is 0 Å². The molecule has 0 aromatic rings. The van der Waals surface area contributed by atoms with Crippen LogP contribution in [-0.2, 0) is 9.53 Å². The standard InChI is InChI=1S/C10H18N2O3/c1-10(14)6-12(7-10)9(13)4-8-5-15-3-2-11-8/h8,11,14H,2-7H2,1H3. The molecule has 2 heterocycles. The highest BCUT2D eigenvalue weighted by Crippen LogP contribution is 2.20. The van der Waals surface area contributed by atoms with Crippen LogP contribution in [0.25, 0.3) is 0 Å². The lowest BCUT2D eigenvalue weighted by atomic mass is 9.96. The van der Waals surface area contributed by atoms with E-state index in [1.54, 1.807) is 11.8 Å². The van der Waals surface area contributed by atoms with E-state index in [0.717, 1.165) is 13.2 Å². The second kappa shape index (κ2) is 4.08. The van der Waals surface area contributed by atoms with Crippen LogP contribution in [0.3, 0.4) is 0 Å². The van der Waals surface area contributed by atoms with Crippen molar-refractivity contribution in [3.05, 3.63) is 0 Å². The number of hydrogen-bond donors (Lipinski definition) is 2. The minimum atomic E-state index is -0.674. The topological polar surface area (TPSA) is 61.8 Å². The summed E-state index contributed by atoms with van der Waals surface area (Å²) >= 11 is 0. The van der Waals surface area contributed by atoms with Crippen molar-refractivity contribution in [3.8, 4) is 0 Å². The van der Waals surface area contributed by atoms with Gasteiger partial charge in [0, 0.05) is 19.0 Å². The highest BCUT2D eigenvalue weighted by Gasteiger charge is 2.39. The maximum absolute atomic E-state index is 11.7. The number of nitrogens with zero attached hydrogens (tertiary/aromatic N) is 1. The van der Waals surface area contributed by atoms with Crippen LogP contribution in [0.5, 0.6) is 0 Å². The molecule has 1 amide bonds. The van der Waals surface area contributed by atoms with Gasteiger partial charge < -0.3 is 20.1 Å². The SMILES string of the molecule is CC1(O)CN(C(=O)CC2COCCN2)C1. The van der Waals surface area contributed by atoms with Crippen LogP contribution < -0.4 is 5.32 Å². The van der Waals surface area contributed by atoms with Gasteiger partial charge >= 0.3 is 0 Å². The van der Waals surface area contributed by atoms with Gasteiger partial charge in [0.05, 0.1) is 31.9 Å². The number of β-amino-alcohol motifs (C(OH)–C–C–N with tert-alkyl or cyclic N) is 1. The van der Waals surface area contributed by atoms with Crippen molar-refractivity contribution >= 4 is 5.91 Å². The average molecular weight is 214 g/mol. The Kier molecular flexibility index (Phi) is 2.95. The Labute approximate surface area is 89.4 Å². The third-order valence-electron chi connectivity index (χ3n) is 2.84. The number of carbonyl (C=O) groups is 1. The summed E-state index contributed by atoms with van der Waals surface area (Å²) in [5, 5.41) is 12.7. The van der Waals surface area contributed by atoms with Gasteiger partial charge in [-0.3, -0.25) is 4.79 Å². The van der Waals surface area contributed by atoms with E-state index in [-0.39, 0.29) is 11.9 Å². The molecule has 2 rings (SSSR count). The summed E-state index contributed by atoms with van der Waals surface area (Å²) in [5.41, 5.74) is -0.674. The van der Waals surface area contributed by atoms with Gasteiger partial charge in [0.2, 0.25) is 5.91 Å². The molecule has 1 unspecified atom stereocenters. The third-order valence-corrected chi connectivity index (χ3v) is 2.84. The predicted molar refractivity (Wildman–Crippen MR) is 54.4 cm³/mol. The molecule has 2 N–H and O–H groups in total. The monoisotopic (exact) mass is 214 g/mol. The van der Waals surface area contributed by atoms with Gasteiger partial charge in [0.25, 0.3) is 0 Å². The Morgan fingerprint density at radius 3 is 2.93 bits per heavy atom. The molecule has 0 aromatic heterocycles. The fourth-order valence-corrected chi connectivity index (χ4v) is 2.04. The lowest BCUT2D eigenvalue weighted by Gasteiger charge is -2.44. The van der Waals surface area contributed by atoms with E-state index in [0.29, 0.717) is 26.1 Å². The summed E-state index contributed by atoms with van der Waals surface area (Å²) in [5.74, 6) is 0.101. The van der Waals surface area contributed by atoms with Crippen molar-refractivity contribution < 1.29 is 14.6 Å². The molecule has 2 saturated heterocycles. The molecule has 0 saturated carbocycles. The zero-order valence-corrected chi connectivity index (χ0v) is 9.03. The second-order valence-electron chi connectivity index (χ2n) is 4.68. The summed E-state index contributed by atoms with van der Waals surface area (Å²) in [7, 11) is 0. The van der Waals surface area contributed by atoms with Crippen molar-refractivity contribution in [2.45, 2.75) is 25.0 Å². The minimum absolute atomic E-state index is 0.101. The number of amides is 1. The van der Waals surface area contributed by atoms with Crippen LogP contribution in [0.1, 0.15) is 13.3 Å². The van der Waals surface area contributed by atoms with E-state index in [9.17, 15) is 9.90 Å². The number of morpholine rings is 1. The zero-order chi connectivity index (χ0) is 10.9. The molecular weight excluding hydrogens is 196 g/mol. The first kappa shape index (κ1) is 10.9. The highest BCUT2D eigenvalue weighted by atomic mass is 16.5. The molecular formula is C10H18N2O3. The molecule has 0 aliphatic carbocycles. The maximum atomic E-state index is 11.7. The summed E-state index contributed by atoms with van der Waals surface area (Å²) < 4.78 is 5.27. The van der Waals surface area contributed by atoms with E-state index >= 15 is 0 Å². The van der Waals surface area contributed by atoms with Crippen molar-refractivity contribution in [2.24, 2.45) is 0 Å². The lowest BCUT2D eigenvalue weighted by Crippen LogP contribution is -2.62. The maximum Gasteiger partial charge on any atom is 0.224 e. The van der Waals surface area contributed by atoms with Crippen molar-refractivity contribution in [1.29, 1.82) is 0 Å². The summed E-state index contributed by atoms with van der Waals surface area (Å²) in [6.07, 6.45) is 0.468. The number of nitrogens with one attached hydrogen (secondary N) is 1. The van der Waals surface area contributed by atoms with Gasteiger partial charge in [-0.05, 0) is 6.92 Å². The van der Waals surface area contributed by atoms with Gasteiger partial charge in [0.15, 0.2) is 0 Å². The molecule has 5 nitrogen and oxygen atoms in total. The summed E-state index contributed by atoms with van der Waals surface area (Å²) in [6.45, 7) is 4.81. The van der Waals surface area contributed by atoms with Crippen LogP contribution in [0.4, 0.5) is 0 Å². The molecule has 0 bridgehead atoms. The molecule has 0 radical (unpaired) electrons. The first-order valence-corrected chi connectivity index (χ1v) is 5.38. The van der Waals surface area contributed by atoms with Gasteiger partial charge in [-0.15, -0.1) is 0 Å². The number of ether oxygens (including phenoxy) is 1. The molecule has 0 spiro atoms. The Bertz CT molecular complexity index is 241. The van der Waals surface area contributed by atoms with E-state index in [2.05, 4.69) is 5.32 Å². The van der Waals surface area contributed by atoms with Crippen LogP contribution in [0.15, 0.2) is 0 Å². The molecule has 2 aliphatic rings. The molecule has 2 aliphatic heterocycles. The van der Waals surface area contributed by atoms with Crippen molar-refractivity contribution in [2.75, 3.05) is 32.8 Å². The van der Waals surface area contributed by atoms with Crippen LogP contribution >= 0.6 is 0 Å². The Morgan fingerprint density at radius 1 is 1.67 bits per heavy atom. The predicted octanol–water partition coefficient (Wildman–Crippen LogP) is -1.04. The van der Waals surface area contributed by atoms with Gasteiger partial charge in [-0.2, -0.15) is 0 Å². The molecule has 5 heteroatoms.